The molecule has 0 spiro atoms. The largest absolute Gasteiger partial charge is 0.467 e. The SMILES string of the molecule is C[C@@H](NC(=O)CSc1nnc(-c2cccnc2)n1N)c1ccco1. The van der Waals surface area contributed by atoms with E-state index in [0.717, 1.165) is 5.56 Å². The maximum absolute atomic E-state index is 12.0. The molecule has 0 fully saturated rings. The first-order valence-corrected chi connectivity index (χ1v) is 8.20. The van der Waals surface area contributed by atoms with Gasteiger partial charge in [0.1, 0.15) is 5.76 Å². The van der Waals surface area contributed by atoms with Crippen LogP contribution in [-0.4, -0.2) is 31.5 Å². The summed E-state index contributed by atoms with van der Waals surface area (Å²) in [6, 6.07) is 7.03. The Morgan fingerprint density at radius 3 is 3.00 bits per heavy atom. The van der Waals surface area contributed by atoms with Gasteiger partial charge in [-0.2, -0.15) is 0 Å². The topological polar surface area (TPSA) is 112 Å². The predicted octanol–water partition coefficient (Wildman–Crippen LogP) is 1.62. The second-order valence-corrected chi connectivity index (χ2v) is 5.95. The highest BCUT2D eigenvalue weighted by molar-refractivity contribution is 7.99. The van der Waals surface area contributed by atoms with Gasteiger partial charge in [-0.3, -0.25) is 9.78 Å². The molecular formula is C15H16N6O2S. The Morgan fingerprint density at radius 1 is 1.42 bits per heavy atom. The molecule has 0 saturated heterocycles. The Kier molecular flexibility index (Phi) is 4.80. The summed E-state index contributed by atoms with van der Waals surface area (Å²) >= 11 is 1.21. The summed E-state index contributed by atoms with van der Waals surface area (Å²) in [5.74, 6) is 7.22. The van der Waals surface area contributed by atoms with E-state index in [-0.39, 0.29) is 17.7 Å². The molecule has 1 amide bonds. The molecule has 3 aromatic rings. The van der Waals surface area contributed by atoms with Gasteiger partial charge < -0.3 is 15.6 Å². The Morgan fingerprint density at radius 2 is 2.29 bits per heavy atom. The average Bonchev–Trinajstić information content (AvgIpc) is 3.24. The van der Waals surface area contributed by atoms with Gasteiger partial charge in [-0.25, -0.2) is 4.68 Å². The molecule has 3 rings (SSSR count). The molecule has 9 heteroatoms. The number of pyridine rings is 1. The first-order chi connectivity index (χ1) is 11.6. The molecule has 0 saturated carbocycles. The molecule has 3 aromatic heterocycles. The van der Waals surface area contributed by atoms with Crippen molar-refractivity contribution in [1.82, 2.24) is 25.2 Å². The van der Waals surface area contributed by atoms with Crippen LogP contribution < -0.4 is 11.2 Å². The molecule has 0 aliphatic carbocycles. The molecule has 8 nitrogen and oxygen atoms in total. The molecule has 0 aliphatic heterocycles. The third-order valence-corrected chi connectivity index (χ3v) is 4.21. The van der Waals surface area contributed by atoms with Crippen LogP contribution in [0.4, 0.5) is 0 Å². The van der Waals surface area contributed by atoms with E-state index in [9.17, 15) is 4.79 Å². The first-order valence-electron chi connectivity index (χ1n) is 7.21. The Labute approximate surface area is 142 Å². The summed E-state index contributed by atoms with van der Waals surface area (Å²) in [5, 5.41) is 11.4. The number of amides is 1. The quantitative estimate of drug-likeness (QED) is 0.516. The minimum absolute atomic E-state index is 0.144. The fourth-order valence-electron chi connectivity index (χ4n) is 2.09. The molecule has 0 unspecified atom stereocenters. The molecule has 0 aromatic carbocycles. The highest BCUT2D eigenvalue weighted by atomic mass is 32.2. The minimum Gasteiger partial charge on any atom is -0.467 e. The van der Waals surface area contributed by atoms with E-state index in [0.29, 0.717) is 16.7 Å². The highest BCUT2D eigenvalue weighted by Crippen LogP contribution is 2.21. The Hall–Kier alpha value is -2.81. The molecule has 1 atom stereocenters. The third kappa shape index (κ3) is 3.57. The zero-order valence-electron chi connectivity index (χ0n) is 12.9. The van der Waals surface area contributed by atoms with Crippen LogP contribution in [0, 0.1) is 0 Å². The van der Waals surface area contributed by atoms with Gasteiger partial charge in [-0.15, -0.1) is 10.2 Å². The second kappa shape index (κ2) is 7.18. The fraction of sp³-hybridized carbons (Fsp3) is 0.200. The van der Waals surface area contributed by atoms with Gasteiger partial charge in [0.25, 0.3) is 0 Å². The summed E-state index contributed by atoms with van der Waals surface area (Å²) in [7, 11) is 0. The van der Waals surface area contributed by atoms with Crippen molar-refractivity contribution in [3.05, 3.63) is 48.7 Å². The number of carbonyl (C=O) groups excluding carboxylic acids is 1. The zero-order valence-corrected chi connectivity index (χ0v) is 13.7. The number of nitrogens with two attached hydrogens (primary N) is 1. The minimum atomic E-state index is -0.199. The number of carbonyl (C=O) groups is 1. The second-order valence-electron chi connectivity index (χ2n) is 5.01. The molecule has 124 valence electrons. The van der Waals surface area contributed by atoms with Gasteiger partial charge in [0, 0.05) is 18.0 Å². The van der Waals surface area contributed by atoms with E-state index < -0.39 is 0 Å². The van der Waals surface area contributed by atoms with E-state index >= 15 is 0 Å². The first kappa shape index (κ1) is 16.1. The number of nitrogens with zero attached hydrogens (tertiary/aromatic N) is 4. The third-order valence-electron chi connectivity index (χ3n) is 3.26. The van der Waals surface area contributed by atoms with Gasteiger partial charge in [0.2, 0.25) is 11.1 Å². The van der Waals surface area contributed by atoms with Gasteiger partial charge in [-0.05, 0) is 31.2 Å². The molecule has 3 heterocycles. The van der Waals surface area contributed by atoms with Gasteiger partial charge in [0.05, 0.1) is 18.1 Å². The maximum Gasteiger partial charge on any atom is 0.231 e. The Balaban J connectivity index is 1.59. The molecular weight excluding hydrogens is 328 g/mol. The van der Waals surface area contributed by atoms with Crippen molar-refractivity contribution in [2.45, 2.75) is 18.1 Å². The normalized spacial score (nSPS) is 12.0. The van der Waals surface area contributed by atoms with E-state index in [1.807, 2.05) is 19.1 Å². The van der Waals surface area contributed by atoms with Gasteiger partial charge in [-0.1, -0.05) is 11.8 Å². The number of hydrogen-bond acceptors (Lipinski definition) is 7. The van der Waals surface area contributed by atoms with Crippen LogP contribution in [0.1, 0.15) is 18.7 Å². The monoisotopic (exact) mass is 344 g/mol. The average molecular weight is 344 g/mol. The lowest BCUT2D eigenvalue weighted by atomic mass is 10.2. The molecule has 3 N–H and O–H groups in total. The number of hydrogen-bond donors (Lipinski definition) is 2. The number of thioether (sulfide) groups is 1. The van der Waals surface area contributed by atoms with Crippen molar-refractivity contribution < 1.29 is 9.21 Å². The van der Waals surface area contributed by atoms with Crippen molar-refractivity contribution in [2.24, 2.45) is 0 Å². The van der Waals surface area contributed by atoms with Crippen molar-refractivity contribution in [2.75, 3.05) is 11.6 Å². The van der Waals surface area contributed by atoms with Gasteiger partial charge in [0.15, 0.2) is 5.82 Å². The van der Waals surface area contributed by atoms with Crippen LogP contribution in [0.5, 0.6) is 0 Å². The molecule has 0 bridgehead atoms. The lowest BCUT2D eigenvalue weighted by molar-refractivity contribution is -0.119. The summed E-state index contributed by atoms with van der Waals surface area (Å²) in [6.07, 6.45) is 4.89. The summed E-state index contributed by atoms with van der Waals surface area (Å²) in [5.41, 5.74) is 0.759. The summed E-state index contributed by atoms with van der Waals surface area (Å²) in [6.45, 7) is 1.85. The van der Waals surface area contributed by atoms with Crippen molar-refractivity contribution in [3.8, 4) is 11.4 Å². The summed E-state index contributed by atoms with van der Waals surface area (Å²) < 4.78 is 6.61. The number of aromatic nitrogens is 4. The standard InChI is InChI=1S/C15H16N6O2S/c1-10(12-5-3-7-23-12)18-13(22)9-24-15-20-19-14(21(15)16)11-4-2-6-17-8-11/h2-8,10H,9,16H2,1H3,(H,18,22)/t10-/m1/s1. The number of rotatable bonds is 6. The van der Waals surface area contributed by atoms with Crippen molar-refractivity contribution in [3.63, 3.8) is 0 Å². The maximum atomic E-state index is 12.0. The van der Waals surface area contributed by atoms with Gasteiger partial charge >= 0.3 is 0 Å². The lowest BCUT2D eigenvalue weighted by Crippen LogP contribution is -2.28. The van der Waals surface area contributed by atoms with Crippen LogP contribution in [-0.2, 0) is 4.79 Å². The van der Waals surface area contributed by atoms with E-state index in [1.165, 1.54) is 16.4 Å². The van der Waals surface area contributed by atoms with E-state index in [2.05, 4.69) is 20.5 Å². The van der Waals surface area contributed by atoms with E-state index in [1.54, 1.807) is 30.8 Å². The van der Waals surface area contributed by atoms with Crippen LogP contribution in [0.15, 0.2) is 52.5 Å². The van der Waals surface area contributed by atoms with Crippen LogP contribution in [0.2, 0.25) is 0 Å². The fourth-order valence-corrected chi connectivity index (χ4v) is 2.76. The summed E-state index contributed by atoms with van der Waals surface area (Å²) in [4.78, 5) is 16.1. The predicted molar refractivity (Wildman–Crippen MR) is 89.4 cm³/mol. The lowest BCUT2D eigenvalue weighted by Gasteiger charge is -2.10. The number of nitrogen functional groups attached to an aromatic ring is 1. The van der Waals surface area contributed by atoms with Crippen LogP contribution in [0.3, 0.4) is 0 Å². The Bertz CT molecular complexity index is 803. The van der Waals surface area contributed by atoms with Crippen LogP contribution >= 0.6 is 11.8 Å². The van der Waals surface area contributed by atoms with Crippen molar-refractivity contribution in [1.29, 1.82) is 0 Å². The number of furan rings is 1. The molecule has 0 aliphatic rings. The van der Waals surface area contributed by atoms with Crippen LogP contribution in [0.25, 0.3) is 11.4 Å². The highest BCUT2D eigenvalue weighted by Gasteiger charge is 2.16. The molecule has 24 heavy (non-hydrogen) atoms. The van der Waals surface area contributed by atoms with E-state index in [4.69, 9.17) is 10.3 Å². The number of nitrogens with one attached hydrogen (secondary N) is 1. The zero-order chi connectivity index (χ0) is 16.9. The smallest absolute Gasteiger partial charge is 0.231 e. The van der Waals surface area contributed by atoms with Crippen molar-refractivity contribution >= 4 is 17.7 Å². The molecule has 0 radical (unpaired) electrons.